The molecule has 1 aliphatic rings. The highest BCUT2D eigenvalue weighted by atomic mass is 16.3. The van der Waals surface area contributed by atoms with Crippen molar-refractivity contribution in [2.45, 2.75) is 64.1 Å². The first-order valence-electron chi connectivity index (χ1n) is 6.23. The molecule has 4 nitrogen and oxygen atoms in total. The van der Waals surface area contributed by atoms with Gasteiger partial charge in [-0.3, -0.25) is 4.79 Å². The maximum Gasteiger partial charge on any atom is 0.237 e. The molecule has 1 aliphatic carbocycles. The number of amides is 1. The summed E-state index contributed by atoms with van der Waals surface area (Å²) in [5, 5.41) is 12.4. The van der Waals surface area contributed by atoms with E-state index in [2.05, 4.69) is 19.2 Å². The fourth-order valence-electron chi connectivity index (χ4n) is 2.22. The van der Waals surface area contributed by atoms with Gasteiger partial charge in [0.05, 0.1) is 12.1 Å². The van der Waals surface area contributed by atoms with Crippen LogP contribution in [0.2, 0.25) is 0 Å². The van der Waals surface area contributed by atoms with E-state index in [0.29, 0.717) is 18.8 Å². The molecule has 1 fully saturated rings. The van der Waals surface area contributed by atoms with Crippen LogP contribution in [-0.4, -0.2) is 29.2 Å². The highest BCUT2D eigenvalue weighted by Crippen LogP contribution is 2.18. The Morgan fingerprint density at radius 3 is 2.75 bits per heavy atom. The van der Waals surface area contributed by atoms with Crippen LogP contribution in [0, 0.1) is 5.92 Å². The van der Waals surface area contributed by atoms with Crippen molar-refractivity contribution in [3.8, 4) is 0 Å². The maximum atomic E-state index is 11.7. The van der Waals surface area contributed by atoms with Gasteiger partial charge in [-0.05, 0) is 38.0 Å². The van der Waals surface area contributed by atoms with E-state index in [1.807, 2.05) is 0 Å². The fraction of sp³-hybridized carbons (Fsp3) is 0.917. The molecule has 1 amide bonds. The summed E-state index contributed by atoms with van der Waals surface area (Å²) in [4.78, 5) is 11.7. The average Bonchev–Trinajstić information content (AvgIpc) is 2.16. The Morgan fingerprint density at radius 2 is 2.19 bits per heavy atom. The molecule has 2 unspecified atom stereocenters. The number of carbonyl (C=O) groups is 1. The van der Waals surface area contributed by atoms with E-state index in [9.17, 15) is 9.90 Å². The molecule has 0 aromatic rings. The number of carbonyl (C=O) groups excluding carboxylic acids is 1. The predicted octanol–water partition coefficient (Wildman–Crippen LogP) is 0.779. The minimum Gasteiger partial charge on any atom is -0.393 e. The Bertz CT molecular complexity index is 231. The van der Waals surface area contributed by atoms with Gasteiger partial charge in [-0.1, -0.05) is 13.8 Å². The Hall–Kier alpha value is -0.610. The summed E-state index contributed by atoms with van der Waals surface area (Å²) < 4.78 is 0. The van der Waals surface area contributed by atoms with Crippen molar-refractivity contribution in [2.24, 2.45) is 11.7 Å². The van der Waals surface area contributed by atoms with E-state index < -0.39 is 6.04 Å². The summed E-state index contributed by atoms with van der Waals surface area (Å²) in [6, 6.07) is -0.312. The normalized spacial score (nSPS) is 27.8. The molecule has 0 aromatic carbocycles. The van der Waals surface area contributed by atoms with E-state index in [-0.39, 0.29) is 18.1 Å². The van der Waals surface area contributed by atoms with Crippen molar-refractivity contribution in [1.29, 1.82) is 0 Å². The van der Waals surface area contributed by atoms with Crippen LogP contribution in [0.5, 0.6) is 0 Å². The zero-order valence-corrected chi connectivity index (χ0v) is 10.3. The molecule has 4 heteroatoms. The highest BCUT2D eigenvalue weighted by molar-refractivity contribution is 5.81. The Morgan fingerprint density at radius 1 is 1.50 bits per heavy atom. The topological polar surface area (TPSA) is 75.4 Å². The molecule has 0 radical (unpaired) electrons. The van der Waals surface area contributed by atoms with E-state index in [1.165, 1.54) is 0 Å². The largest absolute Gasteiger partial charge is 0.393 e. The standard InChI is InChI=1S/C12H24N2O2/c1-8(2)6-11(13)12(16)14-9-4-3-5-10(15)7-9/h8-11,15H,3-7,13H2,1-2H3,(H,14,16)/t9?,10?,11-/m1/s1. The van der Waals surface area contributed by atoms with E-state index in [1.54, 1.807) is 0 Å². The van der Waals surface area contributed by atoms with E-state index in [4.69, 9.17) is 5.73 Å². The number of nitrogens with one attached hydrogen (secondary N) is 1. The third kappa shape index (κ3) is 4.49. The second-order valence-electron chi connectivity index (χ2n) is 5.26. The summed E-state index contributed by atoms with van der Waals surface area (Å²) in [6.07, 6.45) is 3.90. The minimum atomic E-state index is -0.418. The van der Waals surface area contributed by atoms with Crippen molar-refractivity contribution >= 4 is 5.91 Å². The van der Waals surface area contributed by atoms with Crippen molar-refractivity contribution in [1.82, 2.24) is 5.32 Å². The van der Waals surface area contributed by atoms with Gasteiger partial charge in [0.15, 0.2) is 0 Å². The summed E-state index contributed by atoms with van der Waals surface area (Å²) in [7, 11) is 0. The van der Waals surface area contributed by atoms with E-state index in [0.717, 1.165) is 19.3 Å². The number of nitrogens with two attached hydrogens (primary N) is 1. The zero-order chi connectivity index (χ0) is 12.1. The summed E-state index contributed by atoms with van der Waals surface area (Å²) >= 11 is 0. The SMILES string of the molecule is CC(C)C[C@@H](N)C(=O)NC1CCCC(O)C1. The minimum absolute atomic E-state index is 0.0761. The van der Waals surface area contributed by atoms with Gasteiger partial charge in [0.2, 0.25) is 5.91 Å². The maximum absolute atomic E-state index is 11.7. The van der Waals surface area contributed by atoms with Gasteiger partial charge in [0.1, 0.15) is 0 Å². The molecule has 0 heterocycles. The Kier molecular flexibility index (Phi) is 5.22. The first kappa shape index (κ1) is 13.5. The van der Waals surface area contributed by atoms with Gasteiger partial charge < -0.3 is 16.2 Å². The summed E-state index contributed by atoms with van der Waals surface area (Å²) in [5.41, 5.74) is 5.80. The molecule has 0 bridgehead atoms. The average molecular weight is 228 g/mol. The molecule has 0 aliphatic heterocycles. The lowest BCUT2D eigenvalue weighted by Gasteiger charge is -2.27. The highest BCUT2D eigenvalue weighted by Gasteiger charge is 2.23. The van der Waals surface area contributed by atoms with Crippen molar-refractivity contribution in [3.05, 3.63) is 0 Å². The van der Waals surface area contributed by atoms with Gasteiger partial charge in [-0.15, -0.1) is 0 Å². The van der Waals surface area contributed by atoms with Crippen molar-refractivity contribution < 1.29 is 9.90 Å². The number of aliphatic hydroxyl groups excluding tert-OH is 1. The number of aliphatic hydroxyl groups is 1. The molecule has 4 N–H and O–H groups in total. The summed E-state index contributed by atoms with van der Waals surface area (Å²) in [6.45, 7) is 4.11. The second kappa shape index (κ2) is 6.21. The van der Waals surface area contributed by atoms with Gasteiger partial charge in [-0.2, -0.15) is 0 Å². The lowest BCUT2D eigenvalue weighted by molar-refractivity contribution is -0.123. The van der Waals surface area contributed by atoms with Crippen LogP contribution in [-0.2, 0) is 4.79 Å². The molecule has 0 aromatic heterocycles. The van der Waals surface area contributed by atoms with Crippen LogP contribution in [0.1, 0.15) is 46.0 Å². The van der Waals surface area contributed by atoms with Crippen LogP contribution in [0.3, 0.4) is 0 Å². The molecule has 3 atom stereocenters. The fourth-order valence-corrected chi connectivity index (χ4v) is 2.22. The Labute approximate surface area is 97.6 Å². The summed E-state index contributed by atoms with van der Waals surface area (Å²) in [5.74, 6) is 0.352. The van der Waals surface area contributed by atoms with Crippen LogP contribution in [0.4, 0.5) is 0 Å². The van der Waals surface area contributed by atoms with E-state index >= 15 is 0 Å². The molecule has 0 spiro atoms. The van der Waals surface area contributed by atoms with Crippen LogP contribution >= 0.6 is 0 Å². The van der Waals surface area contributed by atoms with Crippen LogP contribution < -0.4 is 11.1 Å². The van der Waals surface area contributed by atoms with Crippen LogP contribution in [0.15, 0.2) is 0 Å². The molecule has 94 valence electrons. The lowest BCUT2D eigenvalue weighted by atomic mass is 9.92. The monoisotopic (exact) mass is 228 g/mol. The smallest absolute Gasteiger partial charge is 0.237 e. The molecule has 1 rings (SSSR count). The Balaban J connectivity index is 2.32. The molecular formula is C12H24N2O2. The van der Waals surface area contributed by atoms with Gasteiger partial charge >= 0.3 is 0 Å². The lowest BCUT2D eigenvalue weighted by Crippen LogP contribution is -2.47. The quantitative estimate of drug-likeness (QED) is 0.665. The molecule has 16 heavy (non-hydrogen) atoms. The molecular weight excluding hydrogens is 204 g/mol. The van der Waals surface area contributed by atoms with Crippen molar-refractivity contribution in [3.63, 3.8) is 0 Å². The predicted molar refractivity (Wildman–Crippen MR) is 63.8 cm³/mol. The number of hydrogen-bond acceptors (Lipinski definition) is 3. The number of rotatable bonds is 4. The van der Waals surface area contributed by atoms with Crippen molar-refractivity contribution in [2.75, 3.05) is 0 Å². The third-order valence-corrected chi connectivity index (χ3v) is 3.06. The zero-order valence-electron chi connectivity index (χ0n) is 10.3. The van der Waals surface area contributed by atoms with Gasteiger partial charge in [0.25, 0.3) is 0 Å². The number of hydrogen-bond donors (Lipinski definition) is 3. The van der Waals surface area contributed by atoms with Gasteiger partial charge in [0, 0.05) is 6.04 Å². The molecule has 0 saturated heterocycles. The van der Waals surface area contributed by atoms with Crippen LogP contribution in [0.25, 0.3) is 0 Å². The van der Waals surface area contributed by atoms with Gasteiger partial charge in [-0.25, -0.2) is 0 Å². The third-order valence-electron chi connectivity index (χ3n) is 3.06. The second-order valence-corrected chi connectivity index (χ2v) is 5.26. The first-order chi connectivity index (χ1) is 7.49. The first-order valence-corrected chi connectivity index (χ1v) is 6.23. The molecule has 1 saturated carbocycles.